The second-order valence-corrected chi connectivity index (χ2v) is 4.14. The van der Waals surface area contributed by atoms with Gasteiger partial charge >= 0.3 is 6.18 Å². The highest BCUT2D eigenvalue weighted by atomic mass is 19.4. The van der Waals surface area contributed by atoms with Gasteiger partial charge in [0, 0.05) is 0 Å². The minimum absolute atomic E-state index is 0.0511. The molecule has 0 heterocycles. The molecule has 0 unspecified atom stereocenters. The Morgan fingerprint density at radius 2 is 1.61 bits per heavy atom. The molecule has 0 aliphatic carbocycles. The summed E-state index contributed by atoms with van der Waals surface area (Å²) in [4.78, 5) is 26.0. The second kappa shape index (κ2) is 9.10. The molecule has 0 aromatic heterocycles. The van der Waals surface area contributed by atoms with Crippen LogP contribution in [-0.2, 0) is 22.3 Å². The monoisotopic (exact) mass is 320 g/mol. The summed E-state index contributed by atoms with van der Waals surface area (Å²) < 4.78 is 36.2. The van der Waals surface area contributed by atoms with Gasteiger partial charge in [-0.25, -0.2) is 14.6 Å². The Balaban J connectivity index is 0.000000238. The topological polar surface area (TPSA) is 58.9 Å². The van der Waals surface area contributed by atoms with Gasteiger partial charge in [0.15, 0.2) is 0 Å². The lowest BCUT2D eigenvalue weighted by Gasteiger charge is -2.05. The number of isocyanates is 2. The zero-order valence-electron chi connectivity index (χ0n) is 11.7. The quantitative estimate of drug-likeness (QED) is 0.629. The maximum atomic E-state index is 12.1. The predicted octanol–water partition coefficient (Wildman–Crippen LogP) is 4.20. The molecule has 0 bridgehead atoms. The summed E-state index contributed by atoms with van der Waals surface area (Å²) in [5.74, 6) is 0. The van der Waals surface area contributed by atoms with E-state index in [0.29, 0.717) is 6.54 Å². The molecule has 0 saturated heterocycles. The van der Waals surface area contributed by atoms with Crippen molar-refractivity contribution in [1.29, 1.82) is 0 Å². The molecular weight excluding hydrogens is 309 g/mol. The smallest absolute Gasteiger partial charge is 0.211 e. The summed E-state index contributed by atoms with van der Waals surface area (Å²) >= 11 is 0. The number of benzene rings is 2. The lowest BCUT2D eigenvalue weighted by molar-refractivity contribution is -0.137. The van der Waals surface area contributed by atoms with Crippen LogP contribution in [0.3, 0.4) is 0 Å². The number of alkyl halides is 3. The van der Waals surface area contributed by atoms with Crippen LogP contribution >= 0.6 is 0 Å². The number of aliphatic imine (C=N–C) groups is 2. The summed E-state index contributed by atoms with van der Waals surface area (Å²) in [5.41, 5.74) is 0.152. The van der Waals surface area contributed by atoms with E-state index in [1.54, 1.807) is 0 Å². The van der Waals surface area contributed by atoms with Gasteiger partial charge in [0.1, 0.15) is 0 Å². The number of hydrogen-bond acceptors (Lipinski definition) is 4. The molecule has 0 spiro atoms. The van der Waals surface area contributed by atoms with Gasteiger partial charge in [-0.2, -0.15) is 18.2 Å². The third-order valence-electron chi connectivity index (χ3n) is 2.52. The molecule has 2 aromatic carbocycles. The Bertz CT molecular complexity index is 718. The van der Waals surface area contributed by atoms with Gasteiger partial charge in [0.05, 0.1) is 17.8 Å². The van der Waals surface area contributed by atoms with E-state index in [0.717, 1.165) is 17.7 Å². The predicted molar refractivity (Wildman–Crippen MR) is 77.5 cm³/mol. The van der Waals surface area contributed by atoms with Gasteiger partial charge < -0.3 is 0 Å². The highest BCUT2D eigenvalue weighted by molar-refractivity contribution is 5.50. The molecule has 0 atom stereocenters. The maximum Gasteiger partial charge on any atom is 0.416 e. The molecule has 118 valence electrons. The SMILES string of the molecule is O=C=NCc1ccccc1.O=C=Nc1cccc(C(F)(F)F)c1. The van der Waals surface area contributed by atoms with Crippen molar-refractivity contribution in [2.24, 2.45) is 9.98 Å². The Kier molecular flexibility index (Phi) is 7.14. The van der Waals surface area contributed by atoms with E-state index in [1.807, 2.05) is 30.3 Å². The highest BCUT2D eigenvalue weighted by Gasteiger charge is 2.30. The van der Waals surface area contributed by atoms with E-state index in [-0.39, 0.29) is 5.69 Å². The van der Waals surface area contributed by atoms with Crippen LogP contribution in [-0.4, -0.2) is 12.2 Å². The minimum Gasteiger partial charge on any atom is -0.211 e. The summed E-state index contributed by atoms with van der Waals surface area (Å²) in [7, 11) is 0. The highest BCUT2D eigenvalue weighted by Crippen LogP contribution is 2.31. The van der Waals surface area contributed by atoms with Crippen LogP contribution in [0.5, 0.6) is 0 Å². The van der Waals surface area contributed by atoms with Crippen molar-refractivity contribution in [2.75, 3.05) is 0 Å². The van der Waals surface area contributed by atoms with E-state index in [1.165, 1.54) is 24.3 Å². The first-order valence-corrected chi connectivity index (χ1v) is 6.30. The maximum absolute atomic E-state index is 12.1. The molecule has 0 saturated carbocycles. The normalized spacial score (nSPS) is 9.70. The number of rotatable bonds is 3. The zero-order valence-corrected chi connectivity index (χ0v) is 11.7. The summed E-state index contributed by atoms with van der Waals surface area (Å²) in [6, 6.07) is 13.7. The number of halogens is 3. The van der Waals surface area contributed by atoms with Crippen LogP contribution in [0.4, 0.5) is 18.9 Å². The summed E-state index contributed by atoms with van der Waals surface area (Å²) in [5, 5.41) is 0. The third kappa shape index (κ3) is 7.00. The van der Waals surface area contributed by atoms with Gasteiger partial charge in [-0.3, -0.25) is 0 Å². The third-order valence-corrected chi connectivity index (χ3v) is 2.52. The Labute approximate surface area is 130 Å². The molecule has 0 N–H and O–H groups in total. The van der Waals surface area contributed by atoms with Gasteiger partial charge in [0.2, 0.25) is 12.2 Å². The number of carbonyl (C=O) groups excluding carboxylic acids is 2. The lowest BCUT2D eigenvalue weighted by Crippen LogP contribution is -2.03. The van der Waals surface area contributed by atoms with Crippen molar-refractivity contribution in [3.63, 3.8) is 0 Å². The fourth-order valence-corrected chi connectivity index (χ4v) is 1.51. The Morgan fingerprint density at radius 3 is 2.17 bits per heavy atom. The molecule has 4 nitrogen and oxygen atoms in total. The van der Waals surface area contributed by atoms with E-state index in [4.69, 9.17) is 0 Å². The van der Waals surface area contributed by atoms with Crippen LogP contribution in [0.25, 0.3) is 0 Å². The number of nitrogens with zero attached hydrogens (tertiary/aromatic N) is 2. The first-order chi connectivity index (χ1) is 11.0. The first-order valence-electron chi connectivity index (χ1n) is 6.30. The van der Waals surface area contributed by atoms with Crippen molar-refractivity contribution >= 4 is 17.8 Å². The van der Waals surface area contributed by atoms with Crippen molar-refractivity contribution < 1.29 is 22.8 Å². The van der Waals surface area contributed by atoms with Crippen molar-refractivity contribution in [3.05, 3.63) is 65.7 Å². The fraction of sp³-hybridized carbons (Fsp3) is 0.125. The average molecular weight is 320 g/mol. The van der Waals surface area contributed by atoms with Gasteiger partial charge in [-0.1, -0.05) is 36.4 Å². The molecule has 0 amide bonds. The molecule has 0 aliphatic rings. The first kappa shape index (κ1) is 18.0. The van der Waals surface area contributed by atoms with Crippen LogP contribution in [0.15, 0.2) is 64.6 Å². The molecular formula is C16H11F3N2O2. The molecule has 2 rings (SSSR count). The molecule has 23 heavy (non-hydrogen) atoms. The molecule has 0 aliphatic heterocycles. The second-order valence-electron chi connectivity index (χ2n) is 4.14. The van der Waals surface area contributed by atoms with Crippen LogP contribution in [0, 0.1) is 0 Å². The molecule has 0 radical (unpaired) electrons. The standard InChI is InChI=1S/C8H4F3NO.C8H7NO/c9-8(10,11)6-2-1-3-7(4-6)12-5-13;10-7-9-6-8-4-2-1-3-5-8/h1-4H;1-5H,6H2. The Hall–Kier alpha value is -3.01. The van der Waals surface area contributed by atoms with Crippen LogP contribution in [0.1, 0.15) is 11.1 Å². The van der Waals surface area contributed by atoms with E-state index in [9.17, 15) is 22.8 Å². The van der Waals surface area contributed by atoms with E-state index in [2.05, 4.69) is 9.98 Å². The van der Waals surface area contributed by atoms with Crippen molar-refractivity contribution in [3.8, 4) is 0 Å². The summed E-state index contributed by atoms with van der Waals surface area (Å²) in [6.07, 6.45) is -1.75. The number of hydrogen-bond donors (Lipinski definition) is 0. The van der Waals surface area contributed by atoms with Crippen LogP contribution in [0.2, 0.25) is 0 Å². The van der Waals surface area contributed by atoms with Gasteiger partial charge in [-0.05, 0) is 23.8 Å². The minimum atomic E-state index is -4.41. The molecule has 0 fully saturated rings. The van der Waals surface area contributed by atoms with Crippen molar-refractivity contribution in [2.45, 2.75) is 12.7 Å². The fourth-order valence-electron chi connectivity index (χ4n) is 1.51. The Morgan fingerprint density at radius 1 is 0.913 bits per heavy atom. The van der Waals surface area contributed by atoms with E-state index < -0.39 is 11.7 Å². The van der Waals surface area contributed by atoms with Crippen molar-refractivity contribution in [1.82, 2.24) is 0 Å². The average Bonchev–Trinajstić information content (AvgIpc) is 2.54. The largest absolute Gasteiger partial charge is 0.416 e. The van der Waals surface area contributed by atoms with Crippen LogP contribution < -0.4 is 0 Å². The molecule has 2 aromatic rings. The van der Waals surface area contributed by atoms with E-state index >= 15 is 0 Å². The zero-order chi connectivity index (χ0) is 17.1. The summed E-state index contributed by atoms with van der Waals surface area (Å²) in [6.45, 7) is 0.435. The molecule has 7 heteroatoms. The lowest BCUT2D eigenvalue weighted by atomic mass is 10.2. The van der Waals surface area contributed by atoms with Gasteiger partial charge in [0.25, 0.3) is 0 Å². The van der Waals surface area contributed by atoms with Gasteiger partial charge in [-0.15, -0.1) is 0 Å².